The standard InChI is InChI=1S/C11H18N4S/c1-7-8(2)16-11(14-7)15-5-3-4-9(6-15)10(12)13/h9H,3-6H2,1-2H3,(H3,12,13). The van der Waals surface area contributed by atoms with E-state index in [9.17, 15) is 0 Å². The number of aryl methyl sites for hydroxylation is 2. The van der Waals surface area contributed by atoms with Gasteiger partial charge >= 0.3 is 0 Å². The molecule has 4 nitrogen and oxygen atoms in total. The van der Waals surface area contributed by atoms with E-state index >= 15 is 0 Å². The van der Waals surface area contributed by atoms with Crippen LogP contribution in [0.2, 0.25) is 0 Å². The van der Waals surface area contributed by atoms with Gasteiger partial charge in [0.25, 0.3) is 0 Å². The first-order valence-corrected chi connectivity index (χ1v) is 6.42. The molecule has 1 aromatic rings. The number of anilines is 1. The Morgan fingerprint density at radius 3 is 2.88 bits per heavy atom. The van der Waals surface area contributed by atoms with Gasteiger partial charge in [0.15, 0.2) is 5.13 Å². The predicted octanol–water partition coefficient (Wildman–Crippen LogP) is 1.91. The van der Waals surface area contributed by atoms with Gasteiger partial charge in [-0.3, -0.25) is 5.41 Å². The summed E-state index contributed by atoms with van der Waals surface area (Å²) < 4.78 is 0. The Hall–Kier alpha value is -1.10. The first-order valence-electron chi connectivity index (χ1n) is 5.61. The van der Waals surface area contributed by atoms with Crippen molar-refractivity contribution in [3.05, 3.63) is 10.6 Å². The van der Waals surface area contributed by atoms with Crippen molar-refractivity contribution in [1.29, 1.82) is 5.41 Å². The van der Waals surface area contributed by atoms with Crippen LogP contribution in [0.3, 0.4) is 0 Å². The molecule has 3 N–H and O–H groups in total. The molecule has 5 heteroatoms. The van der Waals surface area contributed by atoms with Crippen LogP contribution in [-0.2, 0) is 0 Å². The second-order valence-electron chi connectivity index (χ2n) is 4.38. The molecule has 1 unspecified atom stereocenters. The number of hydrogen-bond donors (Lipinski definition) is 2. The highest BCUT2D eigenvalue weighted by atomic mass is 32.1. The first-order chi connectivity index (χ1) is 7.58. The second kappa shape index (κ2) is 4.41. The molecule has 1 fully saturated rings. The van der Waals surface area contributed by atoms with E-state index in [1.54, 1.807) is 11.3 Å². The van der Waals surface area contributed by atoms with E-state index in [-0.39, 0.29) is 5.92 Å². The zero-order valence-corrected chi connectivity index (χ0v) is 10.6. The van der Waals surface area contributed by atoms with Gasteiger partial charge in [0.05, 0.1) is 11.5 Å². The molecule has 0 saturated carbocycles. The van der Waals surface area contributed by atoms with E-state index in [2.05, 4.69) is 16.8 Å². The van der Waals surface area contributed by atoms with Gasteiger partial charge in [-0.25, -0.2) is 4.98 Å². The molecule has 0 aliphatic carbocycles. The summed E-state index contributed by atoms with van der Waals surface area (Å²) in [7, 11) is 0. The van der Waals surface area contributed by atoms with Crippen LogP contribution < -0.4 is 10.6 Å². The molecule has 16 heavy (non-hydrogen) atoms. The van der Waals surface area contributed by atoms with Crippen molar-refractivity contribution in [1.82, 2.24) is 4.98 Å². The maximum absolute atomic E-state index is 7.52. The van der Waals surface area contributed by atoms with Crippen LogP contribution in [0.15, 0.2) is 0 Å². The molecule has 2 heterocycles. The normalized spacial score (nSPS) is 21.1. The monoisotopic (exact) mass is 238 g/mol. The maximum Gasteiger partial charge on any atom is 0.185 e. The van der Waals surface area contributed by atoms with Crippen molar-refractivity contribution in [3.63, 3.8) is 0 Å². The van der Waals surface area contributed by atoms with Crippen LogP contribution in [0.5, 0.6) is 0 Å². The first kappa shape index (κ1) is 11.4. The van der Waals surface area contributed by atoms with Crippen LogP contribution in [0.25, 0.3) is 0 Å². The summed E-state index contributed by atoms with van der Waals surface area (Å²) in [5.74, 6) is 0.521. The smallest absolute Gasteiger partial charge is 0.185 e. The van der Waals surface area contributed by atoms with Gasteiger partial charge in [0.1, 0.15) is 0 Å². The Balaban J connectivity index is 2.12. The summed E-state index contributed by atoms with van der Waals surface area (Å²) in [5.41, 5.74) is 6.70. The number of hydrogen-bond acceptors (Lipinski definition) is 4. The summed E-state index contributed by atoms with van der Waals surface area (Å²) >= 11 is 1.74. The molecule has 0 aromatic carbocycles. The van der Waals surface area contributed by atoms with Crippen molar-refractivity contribution in [2.45, 2.75) is 26.7 Å². The molecular weight excluding hydrogens is 220 g/mol. The number of piperidine rings is 1. The number of nitrogens with two attached hydrogens (primary N) is 1. The highest BCUT2D eigenvalue weighted by Crippen LogP contribution is 2.28. The predicted molar refractivity (Wildman–Crippen MR) is 68.4 cm³/mol. The molecule has 1 aliphatic heterocycles. The third-order valence-corrected chi connectivity index (χ3v) is 4.28. The quantitative estimate of drug-likeness (QED) is 0.611. The molecule has 0 bridgehead atoms. The number of amidine groups is 1. The fourth-order valence-corrected chi connectivity index (χ4v) is 2.94. The molecule has 1 aromatic heterocycles. The summed E-state index contributed by atoms with van der Waals surface area (Å²) in [6.07, 6.45) is 2.14. The molecule has 2 rings (SSSR count). The fourth-order valence-electron chi connectivity index (χ4n) is 2.00. The lowest BCUT2D eigenvalue weighted by Gasteiger charge is -2.31. The fraction of sp³-hybridized carbons (Fsp3) is 0.636. The number of aromatic nitrogens is 1. The molecule has 88 valence electrons. The zero-order chi connectivity index (χ0) is 11.7. The van der Waals surface area contributed by atoms with Crippen molar-refractivity contribution in [3.8, 4) is 0 Å². The number of thiazole rings is 1. The number of nitrogens with one attached hydrogen (secondary N) is 1. The van der Waals surface area contributed by atoms with Gasteiger partial charge in [-0.1, -0.05) is 0 Å². The van der Waals surface area contributed by atoms with Gasteiger partial charge in [-0.05, 0) is 26.7 Å². The summed E-state index contributed by atoms with van der Waals surface area (Å²) in [4.78, 5) is 8.10. The average Bonchev–Trinajstić information content (AvgIpc) is 2.59. The zero-order valence-electron chi connectivity index (χ0n) is 9.79. The SMILES string of the molecule is Cc1nc(N2CCCC(C(=N)N)C2)sc1C. The maximum atomic E-state index is 7.52. The van der Waals surface area contributed by atoms with Crippen LogP contribution in [-0.4, -0.2) is 23.9 Å². The number of nitrogens with zero attached hydrogens (tertiary/aromatic N) is 2. The lowest BCUT2D eigenvalue weighted by molar-refractivity contribution is 0.502. The van der Waals surface area contributed by atoms with E-state index in [1.807, 2.05) is 6.92 Å². The molecule has 1 saturated heterocycles. The minimum absolute atomic E-state index is 0.207. The lowest BCUT2D eigenvalue weighted by Crippen LogP contribution is -2.40. The topological polar surface area (TPSA) is 66.0 Å². The Morgan fingerprint density at radius 2 is 2.31 bits per heavy atom. The molecule has 0 spiro atoms. The molecule has 0 radical (unpaired) electrons. The molecule has 0 amide bonds. The Morgan fingerprint density at radius 1 is 1.56 bits per heavy atom. The highest BCUT2D eigenvalue weighted by Gasteiger charge is 2.24. The Kier molecular flexibility index (Phi) is 3.14. The van der Waals surface area contributed by atoms with Crippen molar-refractivity contribution in [2.75, 3.05) is 18.0 Å². The molecule has 1 atom stereocenters. The minimum atomic E-state index is 0.207. The highest BCUT2D eigenvalue weighted by molar-refractivity contribution is 7.15. The van der Waals surface area contributed by atoms with E-state index < -0.39 is 0 Å². The Labute approximate surface area is 100.0 Å². The average molecular weight is 238 g/mol. The lowest BCUT2D eigenvalue weighted by atomic mass is 9.97. The van der Waals surface area contributed by atoms with Crippen molar-refractivity contribution in [2.24, 2.45) is 11.7 Å². The summed E-state index contributed by atoms with van der Waals surface area (Å²) in [5, 5.41) is 8.61. The van der Waals surface area contributed by atoms with Crippen LogP contribution in [0, 0.1) is 25.2 Å². The van der Waals surface area contributed by atoms with Gasteiger partial charge in [-0.15, -0.1) is 11.3 Å². The minimum Gasteiger partial charge on any atom is -0.387 e. The summed E-state index contributed by atoms with van der Waals surface area (Å²) in [6.45, 7) is 6.03. The Bertz CT molecular complexity index is 379. The van der Waals surface area contributed by atoms with Gasteiger partial charge in [0.2, 0.25) is 0 Å². The van der Waals surface area contributed by atoms with E-state index in [4.69, 9.17) is 11.1 Å². The summed E-state index contributed by atoms with van der Waals surface area (Å²) in [6, 6.07) is 0. The third-order valence-electron chi connectivity index (χ3n) is 3.15. The molecule has 1 aliphatic rings. The van der Waals surface area contributed by atoms with Crippen LogP contribution in [0.4, 0.5) is 5.13 Å². The van der Waals surface area contributed by atoms with Gasteiger partial charge in [0, 0.05) is 23.9 Å². The van der Waals surface area contributed by atoms with E-state index in [0.717, 1.165) is 36.8 Å². The van der Waals surface area contributed by atoms with Crippen molar-refractivity contribution >= 4 is 22.3 Å². The molecular formula is C11H18N4S. The third kappa shape index (κ3) is 2.19. The van der Waals surface area contributed by atoms with E-state index in [1.165, 1.54) is 4.88 Å². The largest absolute Gasteiger partial charge is 0.387 e. The number of rotatable bonds is 2. The van der Waals surface area contributed by atoms with Crippen LogP contribution >= 0.6 is 11.3 Å². The van der Waals surface area contributed by atoms with E-state index in [0.29, 0.717) is 5.84 Å². The second-order valence-corrected chi connectivity index (χ2v) is 5.56. The van der Waals surface area contributed by atoms with Gasteiger partial charge < -0.3 is 10.6 Å². The van der Waals surface area contributed by atoms with Gasteiger partial charge in [-0.2, -0.15) is 0 Å². The van der Waals surface area contributed by atoms with Crippen molar-refractivity contribution < 1.29 is 0 Å². The van der Waals surface area contributed by atoms with Crippen LogP contribution in [0.1, 0.15) is 23.4 Å².